The second-order valence-corrected chi connectivity index (χ2v) is 5.04. The first-order chi connectivity index (χ1) is 12.5. The molecule has 0 heterocycles. The van der Waals surface area contributed by atoms with Gasteiger partial charge in [-0.25, -0.2) is 14.6 Å². The molecule has 9 heteroatoms. The van der Waals surface area contributed by atoms with Gasteiger partial charge in [-0.15, -0.1) is 0 Å². The number of hydrazone groups is 1. The van der Waals surface area contributed by atoms with Crippen LogP contribution in [-0.2, 0) is 4.79 Å². The number of anilines is 1. The molecule has 2 aromatic rings. The fourth-order valence-corrected chi connectivity index (χ4v) is 1.87. The van der Waals surface area contributed by atoms with E-state index >= 15 is 0 Å². The van der Waals surface area contributed by atoms with Crippen LogP contribution in [0.5, 0.6) is 11.5 Å². The van der Waals surface area contributed by atoms with E-state index in [-0.39, 0.29) is 12.3 Å². The van der Waals surface area contributed by atoms with E-state index in [1.54, 1.807) is 12.1 Å². The Morgan fingerprint density at radius 3 is 2.62 bits per heavy atom. The number of carbonyl (C=O) groups excluding carboxylic acids is 2. The predicted octanol–water partition coefficient (Wildman–Crippen LogP) is 1.81. The van der Waals surface area contributed by atoms with Crippen LogP contribution in [0.25, 0.3) is 0 Å². The topological polar surface area (TPSA) is 112 Å². The molecule has 3 amide bonds. The van der Waals surface area contributed by atoms with Crippen molar-refractivity contribution in [3.8, 4) is 11.5 Å². The number of nitrogens with one attached hydrogen (secondary N) is 3. The molecule has 0 saturated heterocycles. The van der Waals surface area contributed by atoms with Crippen LogP contribution in [0.15, 0.2) is 47.6 Å². The van der Waals surface area contributed by atoms with E-state index in [9.17, 15) is 19.1 Å². The average molecular weight is 360 g/mol. The maximum Gasteiger partial charge on any atom is 0.319 e. The van der Waals surface area contributed by atoms with Crippen LogP contribution in [0, 0.1) is 5.82 Å². The number of hydrogen-bond acceptors (Lipinski definition) is 5. The van der Waals surface area contributed by atoms with Gasteiger partial charge >= 0.3 is 6.03 Å². The smallest absolute Gasteiger partial charge is 0.319 e. The molecule has 0 aliphatic carbocycles. The summed E-state index contributed by atoms with van der Waals surface area (Å²) in [6.07, 6.45) is 1.33. The van der Waals surface area contributed by atoms with E-state index in [1.165, 1.54) is 43.7 Å². The van der Waals surface area contributed by atoms with Crippen LogP contribution in [0.4, 0.5) is 14.9 Å². The molecule has 0 radical (unpaired) electrons. The Labute approximate surface area is 148 Å². The zero-order chi connectivity index (χ0) is 18.9. The highest BCUT2D eigenvalue weighted by molar-refractivity contribution is 5.92. The van der Waals surface area contributed by atoms with Crippen LogP contribution >= 0.6 is 0 Å². The summed E-state index contributed by atoms with van der Waals surface area (Å²) in [5, 5.41) is 18.1. The van der Waals surface area contributed by atoms with Gasteiger partial charge in [-0.3, -0.25) is 4.79 Å². The number of aromatic hydroxyl groups is 1. The molecule has 0 fully saturated rings. The number of hydrogen-bond donors (Lipinski definition) is 4. The van der Waals surface area contributed by atoms with Gasteiger partial charge < -0.3 is 20.5 Å². The fourth-order valence-electron chi connectivity index (χ4n) is 1.87. The number of amides is 3. The lowest BCUT2D eigenvalue weighted by Gasteiger charge is -2.06. The Morgan fingerprint density at radius 2 is 1.96 bits per heavy atom. The molecule has 4 N–H and O–H groups in total. The van der Waals surface area contributed by atoms with Gasteiger partial charge in [-0.2, -0.15) is 5.10 Å². The van der Waals surface area contributed by atoms with Gasteiger partial charge in [0.25, 0.3) is 5.91 Å². The maximum absolute atomic E-state index is 12.8. The first-order valence-electron chi connectivity index (χ1n) is 7.47. The normalized spacial score (nSPS) is 10.4. The lowest BCUT2D eigenvalue weighted by atomic mass is 10.2. The van der Waals surface area contributed by atoms with Crippen LogP contribution in [-0.4, -0.2) is 36.9 Å². The molecule has 2 rings (SSSR count). The highest BCUT2D eigenvalue weighted by Crippen LogP contribution is 2.25. The van der Waals surface area contributed by atoms with Crippen molar-refractivity contribution >= 4 is 23.8 Å². The van der Waals surface area contributed by atoms with Gasteiger partial charge in [0.05, 0.1) is 13.3 Å². The van der Waals surface area contributed by atoms with Crippen molar-refractivity contribution in [2.45, 2.75) is 0 Å². The summed E-state index contributed by atoms with van der Waals surface area (Å²) in [5.41, 5.74) is 3.17. The van der Waals surface area contributed by atoms with Crippen LogP contribution in [0.2, 0.25) is 0 Å². The minimum atomic E-state index is -0.615. The van der Waals surface area contributed by atoms with E-state index in [2.05, 4.69) is 21.2 Å². The number of phenolic OH excluding ortho intramolecular Hbond substituents is 1. The molecule has 0 bridgehead atoms. The van der Waals surface area contributed by atoms with E-state index < -0.39 is 17.8 Å². The van der Waals surface area contributed by atoms with Gasteiger partial charge in [-0.1, -0.05) is 0 Å². The minimum Gasteiger partial charge on any atom is -0.504 e. The number of ether oxygens (including phenoxy) is 1. The molecule has 0 spiro atoms. The molecule has 0 aliphatic heterocycles. The average Bonchev–Trinajstić information content (AvgIpc) is 2.62. The number of benzene rings is 2. The summed E-state index contributed by atoms with van der Waals surface area (Å²) >= 11 is 0. The summed E-state index contributed by atoms with van der Waals surface area (Å²) in [6.45, 7) is -0.307. The molecule has 0 atom stereocenters. The number of halogens is 1. The molecule has 0 aromatic heterocycles. The van der Waals surface area contributed by atoms with Crippen LogP contribution in [0.3, 0.4) is 0 Å². The Hall–Kier alpha value is -3.62. The molecule has 0 aliphatic rings. The monoisotopic (exact) mass is 360 g/mol. The van der Waals surface area contributed by atoms with E-state index in [0.717, 1.165) is 0 Å². The molecule has 136 valence electrons. The second-order valence-electron chi connectivity index (χ2n) is 5.04. The van der Waals surface area contributed by atoms with Crippen molar-refractivity contribution < 1.29 is 23.8 Å². The molecular formula is C17H17FN4O4. The number of urea groups is 1. The third-order valence-electron chi connectivity index (χ3n) is 3.12. The van der Waals surface area contributed by atoms with Crippen molar-refractivity contribution in [3.63, 3.8) is 0 Å². The summed E-state index contributed by atoms with van der Waals surface area (Å²) in [4.78, 5) is 23.2. The molecule has 0 saturated carbocycles. The van der Waals surface area contributed by atoms with E-state index in [0.29, 0.717) is 17.0 Å². The summed E-state index contributed by atoms with van der Waals surface area (Å²) < 4.78 is 17.7. The number of carbonyl (C=O) groups is 2. The third kappa shape index (κ3) is 5.78. The van der Waals surface area contributed by atoms with E-state index in [1.807, 2.05) is 0 Å². The number of phenols is 1. The predicted molar refractivity (Wildman–Crippen MR) is 93.8 cm³/mol. The van der Waals surface area contributed by atoms with Crippen molar-refractivity contribution in [2.24, 2.45) is 5.10 Å². The quantitative estimate of drug-likeness (QED) is 0.465. The van der Waals surface area contributed by atoms with Crippen LogP contribution < -0.4 is 20.8 Å². The summed E-state index contributed by atoms with van der Waals surface area (Å²) in [5.74, 6) is -0.698. The van der Waals surface area contributed by atoms with Gasteiger partial charge in [-0.05, 0) is 48.0 Å². The molecule has 0 unspecified atom stereocenters. The zero-order valence-corrected chi connectivity index (χ0v) is 13.8. The standard InChI is InChI=1S/C17H17FN4O4/c1-26-15-7-2-11(8-14(15)23)9-20-22-16(24)10-19-17(25)21-13-5-3-12(18)4-6-13/h2-9,23H,10H2,1H3,(H,22,24)(H2,19,21,25)/b20-9+. The minimum absolute atomic E-state index is 0.0538. The van der Waals surface area contributed by atoms with Gasteiger partial charge in [0.2, 0.25) is 0 Å². The maximum atomic E-state index is 12.8. The molecule has 26 heavy (non-hydrogen) atoms. The Kier molecular flexibility index (Phi) is 6.49. The van der Waals surface area contributed by atoms with Gasteiger partial charge in [0.15, 0.2) is 11.5 Å². The van der Waals surface area contributed by atoms with Gasteiger partial charge in [0, 0.05) is 5.69 Å². The molecule has 8 nitrogen and oxygen atoms in total. The number of rotatable bonds is 6. The van der Waals surface area contributed by atoms with Crippen molar-refractivity contribution in [2.75, 3.05) is 19.0 Å². The van der Waals surface area contributed by atoms with E-state index in [4.69, 9.17) is 4.74 Å². The summed E-state index contributed by atoms with van der Waals surface area (Å²) in [6, 6.07) is 9.19. The first kappa shape index (κ1) is 18.7. The Balaban J connectivity index is 1.75. The zero-order valence-electron chi connectivity index (χ0n) is 13.8. The highest BCUT2D eigenvalue weighted by atomic mass is 19.1. The largest absolute Gasteiger partial charge is 0.504 e. The molecular weight excluding hydrogens is 343 g/mol. The lowest BCUT2D eigenvalue weighted by Crippen LogP contribution is -2.37. The Morgan fingerprint density at radius 1 is 1.23 bits per heavy atom. The second kappa shape index (κ2) is 9.02. The SMILES string of the molecule is COc1ccc(/C=N/NC(=O)CNC(=O)Nc2ccc(F)cc2)cc1O. The van der Waals surface area contributed by atoms with Crippen molar-refractivity contribution in [3.05, 3.63) is 53.8 Å². The number of nitrogens with zero attached hydrogens (tertiary/aromatic N) is 1. The van der Waals surface area contributed by atoms with Crippen LogP contribution in [0.1, 0.15) is 5.56 Å². The summed E-state index contributed by atoms with van der Waals surface area (Å²) in [7, 11) is 1.43. The third-order valence-corrected chi connectivity index (χ3v) is 3.12. The first-order valence-corrected chi connectivity index (χ1v) is 7.47. The lowest BCUT2D eigenvalue weighted by molar-refractivity contribution is -0.120. The van der Waals surface area contributed by atoms with Crippen molar-refractivity contribution in [1.82, 2.24) is 10.7 Å². The Bertz CT molecular complexity index is 809. The number of methoxy groups -OCH3 is 1. The molecule has 2 aromatic carbocycles. The van der Waals surface area contributed by atoms with Crippen molar-refractivity contribution in [1.29, 1.82) is 0 Å². The fraction of sp³-hybridized carbons (Fsp3) is 0.118. The highest BCUT2D eigenvalue weighted by Gasteiger charge is 2.05. The van der Waals surface area contributed by atoms with Gasteiger partial charge in [0.1, 0.15) is 12.4 Å².